The van der Waals surface area contributed by atoms with E-state index in [4.69, 9.17) is 11.6 Å². The number of phenols is 1. The van der Waals surface area contributed by atoms with E-state index in [1.54, 1.807) is 26.0 Å². The fourth-order valence-electron chi connectivity index (χ4n) is 2.12. The summed E-state index contributed by atoms with van der Waals surface area (Å²) in [5.74, 6) is 0.228. The number of rotatable bonds is 2. The number of hydrogen-bond acceptors (Lipinski definition) is 3. The smallest absolute Gasteiger partial charge is 0.235 e. The summed E-state index contributed by atoms with van der Waals surface area (Å²) in [7, 11) is 0. The predicted molar refractivity (Wildman–Crippen MR) is 61.6 cm³/mol. The van der Waals surface area contributed by atoms with Crippen LogP contribution in [-0.2, 0) is 10.3 Å². The Balaban J connectivity index is 2.66. The fourth-order valence-corrected chi connectivity index (χ4v) is 2.60. The third kappa shape index (κ3) is 1.53. The largest absolute Gasteiger partial charge is 0.507 e. The van der Waals surface area contributed by atoms with E-state index in [0.717, 1.165) is 24.0 Å². The fraction of sp³-hybridized carbons (Fsp3) is 0.417. The normalized spacial score (nSPS) is 16.7. The lowest BCUT2D eigenvalue weighted by Crippen LogP contribution is -2.06. The molecule has 1 aliphatic carbocycles. The summed E-state index contributed by atoms with van der Waals surface area (Å²) in [6.45, 7) is 3.59. The molecule has 1 saturated carbocycles. The van der Waals surface area contributed by atoms with Crippen molar-refractivity contribution >= 4 is 17.7 Å². The van der Waals surface area contributed by atoms with Gasteiger partial charge in [-0.25, -0.2) is 4.79 Å². The second kappa shape index (κ2) is 3.62. The standard InChI is InChI=1S/C12H12ClNO2/c1-7-5-9(13)10(8(2)11(7)16)12(3-4-12)14-6-15/h5,16H,3-4H2,1-2H3. The molecule has 1 aromatic carbocycles. The van der Waals surface area contributed by atoms with Crippen LogP contribution in [0.4, 0.5) is 0 Å². The number of aryl methyl sites for hydroxylation is 1. The Kier molecular flexibility index (Phi) is 2.53. The van der Waals surface area contributed by atoms with Crippen LogP contribution in [0.3, 0.4) is 0 Å². The zero-order chi connectivity index (χ0) is 11.9. The molecule has 1 fully saturated rings. The minimum Gasteiger partial charge on any atom is -0.507 e. The van der Waals surface area contributed by atoms with E-state index < -0.39 is 5.54 Å². The van der Waals surface area contributed by atoms with E-state index in [2.05, 4.69) is 4.99 Å². The van der Waals surface area contributed by atoms with Gasteiger partial charge in [-0.2, -0.15) is 4.99 Å². The second-order valence-electron chi connectivity index (χ2n) is 4.26. The molecule has 0 amide bonds. The van der Waals surface area contributed by atoms with Crippen molar-refractivity contribution in [3.8, 4) is 5.75 Å². The number of carbonyl (C=O) groups excluding carboxylic acids is 1. The summed E-state index contributed by atoms with van der Waals surface area (Å²) < 4.78 is 0. The highest BCUT2D eigenvalue weighted by molar-refractivity contribution is 6.31. The maximum absolute atomic E-state index is 10.4. The molecule has 0 aromatic heterocycles. The van der Waals surface area contributed by atoms with E-state index in [9.17, 15) is 9.90 Å². The van der Waals surface area contributed by atoms with Gasteiger partial charge in [0.25, 0.3) is 0 Å². The highest BCUT2D eigenvalue weighted by atomic mass is 35.5. The van der Waals surface area contributed by atoms with Crippen LogP contribution in [0.5, 0.6) is 5.75 Å². The molecule has 0 aliphatic heterocycles. The minimum atomic E-state index is -0.534. The number of aliphatic imine (C=N–C) groups is 1. The molecule has 0 spiro atoms. The zero-order valence-corrected chi connectivity index (χ0v) is 9.93. The quantitative estimate of drug-likeness (QED) is 0.635. The molecule has 0 heterocycles. The highest BCUT2D eigenvalue weighted by Crippen LogP contribution is 2.54. The van der Waals surface area contributed by atoms with Crippen LogP contribution in [0.2, 0.25) is 5.02 Å². The van der Waals surface area contributed by atoms with Gasteiger partial charge in [0, 0.05) is 10.6 Å². The Morgan fingerprint density at radius 1 is 1.50 bits per heavy atom. The van der Waals surface area contributed by atoms with Crippen LogP contribution in [0, 0.1) is 13.8 Å². The van der Waals surface area contributed by atoms with Crippen LogP contribution < -0.4 is 0 Å². The van der Waals surface area contributed by atoms with Crippen LogP contribution >= 0.6 is 11.6 Å². The molecule has 84 valence electrons. The molecule has 1 N–H and O–H groups in total. The van der Waals surface area contributed by atoms with Crippen LogP contribution in [-0.4, -0.2) is 11.2 Å². The van der Waals surface area contributed by atoms with Gasteiger partial charge in [-0.05, 0) is 43.9 Å². The van der Waals surface area contributed by atoms with E-state index in [1.165, 1.54) is 0 Å². The lowest BCUT2D eigenvalue weighted by molar-refractivity contribution is 0.464. The first kappa shape index (κ1) is 11.2. The van der Waals surface area contributed by atoms with Crippen LogP contribution in [0.15, 0.2) is 11.1 Å². The highest BCUT2D eigenvalue weighted by Gasteiger charge is 2.47. The molecule has 0 saturated heterocycles. The van der Waals surface area contributed by atoms with Crippen molar-refractivity contribution in [3.05, 3.63) is 27.8 Å². The average Bonchev–Trinajstić information content (AvgIpc) is 2.96. The summed E-state index contributed by atoms with van der Waals surface area (Å²) in [4.78, 5) is 14.2. The molecule has 16 heavy (non-hydrogen) atoms. The van der Waals surface area contributed by atoms with E-state index >= 15 is 0 Å². The molecular weight excluding hydrogens is 226 g/mol. The van der Waals surface area contributed by atoms with Gasteiger partial charge in [0.05, 0.1) is 0 Å². The number of benzene rings is 1. The summed E-state index contributed by atoms with van der Waals surface area (Å²) in [6, 6.07) is 1.71. The Bertz CT molecular complexity index is 500. The monoisotopic (exact) mass is 237 g/mol. The lowest BCUT2D eigenvalue weighted by atomic mass is 9.96. The first-order valence-electron chi connectivity index (χ1n) is 5.10. The van der Waals surface area contributed by atoms with Gasteiger partial charge in [-0.3, -0.25) is 0 Å². The van der Waals surface area contributed by atoms with Crippen molar-refractivity contribution in [2.24, 2.45) is 4.99 Å². The second-order valence-corrected chi connectivity index (χ2v) is 4.67. The first-order chi connectivity index (χ1) is 7.52. The number of hydrogen-bond donors (Lipinski definition) is 1. The number of isocyanates is 1. The lowest BCUT2D eigenvalue weighted by Gasteiger charge is -2.16. The Morgan fingerprint density at radius 2 is 2.12 bits per heavy atom. The van der Waals surface area contributed by atoms with Gasteiger partial charge in [0.1, 0.15) is 11.3 Å². The number of nitrogens with zero attached hydrogens (tertiary/aromatic N) is 1. The molecule has 3 nitrogen and oxygen atoms in total. The van der Waals surface area contributed by atoms with Gasteiger partial charge in [0.2, 0.25) is 6.08 Å². The molecule has 0 unspecified atom stereocenters. The summed E-state index contributed by atoms with van der Waals surface area (Å²) in [5.41, 5.74) is 1.67. The van der Waals surface area contributed by atoms with Gasteiger partial charge in [-0.1, -0.05) is 11.6 Å². The number of aromatic hydroxyl groups is 1. The third-order valence-electron chi connectivity index (χ3n) is 3.13. The Labute approximate surface area is 98.8 Å². The zero-order valence-electron chi connectivity index (χ0n) is 9.17. The van der Waals surface area contributed by atoms with Crippen molar-refractivity contribution < 1.29 is 9.90 Å². The maximum atomic E-state index is 10.4. The van der Waals surface area contributed by atoms with Gasteiger partial charge >= 0.3 is 0 Å². The minimum absolute atomic E-state index is 0.228. The number of phenolic OH excluding ortho intramolecular Hbond substituents is 1. The molecule has 0 bridgehead atoms. The Morgan fingerprint density at radius 3 is 2.62 bits per heavy atom. The van der Waals surface area contributed by atoms with Crippen molar-refractivity contribution in [3.63, 3.8) is 0 Å². The van der Waals surface area contributed by atoms with E-state index in [1.807, 2.05) is 0 Å². The Hall–Kier alpha value is -1.31. The van der Waals surface area contributed by atoms with Crippen molar-refractivity contribution in [1.29, 1.82) is 0 Å². The van der Waals surface area contributed by atoms with Crippen molar-refractivity contribution in [2.45, 2.75) is 32.2 Å². The molecular formula is C12H12ClNO2. The topological polar surface area (TPSA) is 49.7 Å². The van der Waals surface area contributed by atoms with Crippen molar-refractivity contribution in [1.82, 2.24) is 0 Å². The average molecular weight is 238 g/mol. The first-order valence-corrected chi connectivity index (χ1v) is 5.48. The third-order valence-corrected chi connectivity index (χ3v) is 3.43. The van der Waals surface area contributed by atoms with Gasteiger partial charge in [0.15, 0.2) is 0 Å². The van der Waals surface area contributed by atoms with Crippen LogP contribution in [0.25, 0.3) is 0 Å². The van der Waals surface area contributed by atoms with Gasteiger partial charge in [-0.15, -0.1) is 0 Å². The SMILES string of the molecule is Cc1cc(Cl)c(C2(N=C=O)CC2)c(C)c1O. The van der Waals surface area contributed by atoms with E-state index in [0.29, 0.717) is 10.6 Å². The predicted octanol–water partition coefficient (Wildman–Crippen LogP) is 2.99. The number of halogens is 1. The maximum Gasteiger partial charge on any atom is 0.235 e. The van der Waals surface area contributed by atoms with Gasteiger partial charge < -0.3 is 5.11 Å². The molecule has 1 aliphatic rings. The molecule has 0 atom stereocenters. The van der Waals surface area contributed by atoms with Crippen LogP contribution in [0.1, 0.15) is 29.5 Å². The summed E-state index contributed by atoms with van der Waals surface area (Å²) >= 11 is 6.17. The summed E-state index contributed by atoms with van der Waals surface area (Å²) in [5, 5.41) is 10.4. The molecule has 0 radical (unpaired) electrons. The molecule has 4 heteroatoms. The summed E-state index contributed by atoms with van der Waals surface area (Å²) in [6.07, 6.45) is 3.16. The molecule has 2 rings (SSSR count). The van der Waals surface area contributed by atoms with E-state index in [-0.39, 0.29) is 5.75 Å². The van der Waals surface area contributed by atoms with Crippen molar-refractivity contribution in [2.75, 3.05) is 0 Å². The molecule has 1 aromatic rings.